The van der Waals surface area contributed by atoms with Gasteiger partial charge in [0, 0.05) is 6.54 Å². The first-order valence-electron chi connectivity index (χ1n) is 4.33. The van der Waals surface area contributed by atoms with E-state index in [2.05, 4.69) is 31.1 Å². The molecule has 68 valence electrons. The molecule has 4 heteroatoms. The topological polar surface area (TPSA) is 56.7 Å². The Morgan fingerprint density at radius 1 is 1.50 bits per heavy atom. The van der Waals surface area contributed by atoms with Gasteiger partial charge in [0.1, 0.15) is 0 Å². The van der Waals surface area contributed by atoms with Crippen molar-refractivity contribution in [1.82, 2.24) is 15.0 Å². The van der Waals surface area contributed by atoms with Gasteiger partial charge in [-0.1, -0.05) is 26.0 Å². The van der Waals surface area contributed by atoms with Crippen molar-refractivity contribution in [2.24, 2.45) is 5.92 Å². The van der Waals surface area contributed by atoms with Crippen molar-refractivity contribution in [3.8, 4) is 0 Å². The van der Waals surface area contributed by atoms with Gasteiger partial charge in [-0.3, -0.25) is 0 Å². The van der Waals surface area contributed by atoms with Gasteiger partial charge in [0.15, 0.2) is 5.82 Å². The minimum absolute atomic E-state index is 0.568. The zero-order chi connectivity index (χ0) is 9.14. The van der Waals surface area contributed by atoms with E-state index in [9.17, 15) is 0 Å². The van der Waals surface area contributed by atoms with E-state index < -0.39 is 0 Å². The van der Waals surface area contributed by atoms with E-state index >= 15 is 0 Å². The van der Waals surface area contributed by atoms with Crippen LogP contribution in [-0.2, 0) is 13.0 Å². The molecular formula is C8H16N4. The zero-order valence-corrected chi connectivity index (χ0v) is 7.91. The van der Waals surface area contributed by atoms with Crippen LogP contribution in [-0.4, -0.2) is 15.0 Å². The number of nitrogens with zero attached hydrogens (tertiary/aromatic N) is 3. The molecule has 0 saturated carbocycles. The molecule has 0 unspecified atom stereocenters. The quantitative estimate of drug-likeness (QED) is 0.734. The van der Waals surface area contributed by atoms with Crippen LogP contribution in [0.1, 0.15) is 26.5 Å². The maximum absolute atomic E-state index is 5.63. The van der Waals surface area contributed by atoms with Gasteiger partial charge in [-0.15, -0.1) is 5.10 Å². The van der Waals surface area contributed by atoms with E-state index in [1.54, 1.807) is 0 Å². The number of hydrogen-bond donors (Lipinski definition) is 1. The van der Waals surface area contributed by atoms with Gasteiger partial charge in [0.2, 0.25) is 0 Å². The van der Waals surface area contributed by atoms with Gasteiger partial charge in [-0.25, -0.2) is 4.68 Å². The van der Waals surface area contributed by atoms with Gasteiger partial charge in [-0.05, 0) is 12.3 Å². The van der Waals surface area contributed by atoms with Crippen molar-refractivity contribution in [1.29, 1.82) is 0 Å². The lowest BCUT2D eigenvalue weighted by atomic mass is 10.2. The van der Waals surface area contributed by atoms with Crippen molar-refractivity contribution in [2.75, 3.05) is 5.73 Å². The Labute approximate surface area is 72.8 Å². The van der Waals surface area contributed by atoms with Gasteiger partial charge in [-0.2, -0.15) is 0 Å². The Balaban J connectivity index is 2.84. The molecule has 1 aromatic heterocycles. The fraction of sp³-hybridized carbons (Fsp3) is 0.750. The van der Waals surface area contributed by atoms with Gasteiger partial charge < -0.3 is 5.73 Å². The average Bonchev–Trinajstić information content (AvgIpc) is 2.30. The van der Waals surface area contributed by atoms with Crippen LogP contribution in [0.4, 0.5) is 5.82 Å². The first kappa shape index (κ1) is 9.03. The lowest BCUT2D eigenvalue weighted by molar-refractivity contribution is 0.460. The third-order valence-electron chi connectivity index (χ3n) is 1.74. The smallest absolute Gasteiger partial charge is 0.169 e. The average molecular weight is 168 g/mol. The molecule has 1 heterocycles. The van der Waals surface area contributed by atoms with E-state index in [-0.39, 0.29) is 0 Å². The molecule has 0 aliphatic rings. The second-order valence-corrected chi connectivity index (χ2v) is 3.35. The summed E-state index contributed by atoms with van der Waals surface area (Å²) in [5, 5.41) is 7.80. The maximum atomic E-state index is 5.63. The number of nitrogen functional groups attached to an aromatic ring is 1. The lowest BCUT2D eigenvalue weighted by Gasteiger charge is -2.06. The minimum Gasteiger partial charge on any atom is -0.381 e. The highest BCUT2D eigenvalue weighted by Gasteiger charge is 2.08. The zero-order valence-electron chi connectivity index (χ0n) is 7.91. The Kier molecular flexibility index (Phi) is 2.68. The Bertz CT molecular complexity index is 252. The number of rotatable bonds is 3. The van der Waals surface area contributed by atoms with Crippen LogP contribution >= 0.6 is 0 Å². The second kappa shape index (κ2) is 3.56. The van der Waals surface area contributed by atoms with Crippen LogP contribution in [0, 0.1) is 5.92 Å². The summed E-state index contributed by atoms with van der Waals surface area (Å²) >= 11 is 0. The van der Waals surface area contributed by atoms with Crippen molar-refractivity contribution in [2.45, 2.75) is 33.7 Å². The van der Waals surface area contributed by atoms with E-state index in [0.29, 0.717) is 11.7 Å². The molecule has 0 atom stereocenters. The molecule has 0 bridgehead atoms. The van der Waals surface area contributed by atoms with Crippen LogP contribution < -0.4 is 5.73 Å². The largest absolute Gasteiger partial charge is 0.381 e. The van der Waals surface area contributed by atoms with Gasteiger partial charge in [0.05, 0.1) is 5.69 Å². The number of aromatic nitrogens is 3. The SMILES string of the molecule is CCc1c(N)nnn1CC(C)C. The second-order valence-electron chi connectivity index (χ2n) is 3.35. The molecule has 0 aromatic carbocycles. The fourth-order valence-electron chi connectivity index (χ4n) is 1.20. The summed E-state index contributed by atoms with van der Waals surface area (Å²) in [4.78, 5) is 0. The number of nitrogens with two attached hydrogens (primary N) is 1. The third-order valence-corrected chi connectivity index (χ3v) is 1.74. The van der Waals surface area contributed by atoms with Crippen molar-refractivity contribution in [3.63, 3.8) is 0 Å². The number of anilines is 1. The summed E-state index contributed by atoms with van der Waals surface area (Å²) < 4.78 is 1.89. The molecule has 2 N–H and O–H groups in total. The normalized spacial score (nSPS) is 11.0. The fourth-order valence-corrected chi connectivity index (χ4v) is 1.20. The maximum Gasteiger partial charge on any atom is 0.169 e. The van der Waals surface area contributed by atoms with Crippen molar-refractivity contribution < 1.29 is 0 Å². The summed E-state index contributed by atoms with van der Waals surface area (Å²) in [5.74, 6) is 1.15. The highest BCUT2D eigenvalue weighted by molar-refractivity contribution is 5.32. The summed E-state index contributed by atoms with van der Waals surface area (Å²) in [5.41, 5.74) is 6.68. The summed E-state index contributed by atoms with van der Waals surface area (Å²) in [6.45, 7) is 7.26. The van der Waals surface area contributed by atoms with Crippen LogP contribution in [0.25, 0.3) is 0 Å². The van der Waals surface area contributed by atoms with E-state index in [0.717, 1.165) is 18.7 Å². The van der Waals surface area contributed by atoms with Crippen molar-refractivity contribution >= 4 is 5.82 Å². The predicted molar refractivity (Wildman–Crippen MR) is 48.7 cm³/mol. The molecule has 0 aliphatic carbocycles. The lowest BCUT2D eigenvalue weighted by Crippen LogP contribution is -2.09. The molecule has 0 aliphatic heterocycles. The Morgan fingerprint density at radius 2 is 2.17 bits per heavy atom. The highest BCUT2D eigenvalue weighted by atomic mass is 15.4. The molecule has 1 aromatic rings. The summed E-state index contributed by atoms with van der Waals surface area (Å²) in [6, 6.07) is 0. The molecule has 0 saturated heterocycles. The number of hydrogen-bond acceptors (Lipinski definition) is 3. The van der Waals surface area contributed by atoms with E-state index in [4.69, 9.17) is 5.73 Å². The molecule has 4 nitrogen and oxygen atoms in total. The summed E-state index contributed by atoms with van der Waals surface area (Å²) in [7, 11) is 0. The van der Waals surface area contributed by atoms with Crippen LogP contribution in [0.3, 0.4) is 0 Å². The van der Waals surface area contributed by atoms with Crippen LogP contribution in [0.2, 0.25) is 0 Å². The molecular weight excluding hydrogens is 152 g/mol. The van der Waals surface area contributed by atoms with Gasteiger partial charge in [0.25, 0.3) is 0 Å². The Morgan fingerprint density at radius 3 is 2.67 bits per heavy atom. The van der Waals surface area contributed by atoms with E-state index in [1.165, 1.54) is 0 Å². The third kappa shape index (κ3) is 1.75. The van der Waals surface area contributed by atoms with Crippen molar-refractivity contribution in [3.05, 3.63) is 5.69 Å². The Hall–Kier alpha value is -1.06. The van der Waals surface area contributed by atoms with Crippen LogP contribution in [0.15, 0.2) is 0 Å². The van der Waals surface area contributed by atoms with E-state index in [1.807, 2.05) is 4.68 Å². The molecule has 12 heavy (non-hydrogen) atoms. The molecule has 0 fully saturated rings. The van der Waals surface area contributed by atoms with Gasteiger partial charge >= 0.3 is 0 Å². The standard InChI is InChI=1S/C8H16N4/c1-4-7-8(9)10-11-12(7)5-6(2)3/h6H,4-5,9H2,1-3H3. The molecule has 1 rings (SSSR count). The van der Waals surface area contributed by atoms with Crippen LogP contribution in [0.5, 0.6) is 0 Å². The highest BCUT2D eigenvalue weighted by Crippen LogP contribution is 2.09. The minimum atomic E-state index is 0.568. The molecule has 0 amide bonds. The summed E-state index contributed by atoms with van der Waals surface area (Å²) in [6.07, 6.45) is 0.894. The first-order chi connectivity index (χ1) is 5.65. The molecule has 0 radical (unpaired) electrons. The predicted octanol–water partition coefficient (Wildman–Crippen LogP) is 1.08. The molecule has 0 spiro atoms. The first-order valence-corrected chi connectivity index (χ1v) is 4.33. The monoisotopic (exact) mass is 168 g/mol.